The predicted molar refractivity (Wildman–Crippen MR) is 134 cm³/mol. The van der Waals surface area contributed by atoms with Crippen LogP contribution in [0, 0.1) is 0 Å². The zero-order chi connectivity index (χ0) is 22.9. The highest BCUT2D eigenvalue weighted by Gasteiger charge is 2.24. The van der Waals surface area contributed by atoms with Crippen LogP contribution in [-0.2, 0) is 4.74 Å². The number of nitrogens with zero attached hydrogens (tertiary/aromatic N) is 5. The average Bonchev–Trinajstić information content (AvgIpc) is 3.39. The minimum absolute atomic E-state index is 0.286. The number of ether oxygens (including phenoxy) is 1. The van der Waals surface area contributed by atoms with Crippen molar-refractivity contribution in [2.24, 2.45) is 0 Å². The van der Waals surface area contributed by atoms with Gasteiger partial charge in [0.2, 0.25) is 0 Å². The Bertz CT molecular complexity index is 967. The molecule has 1 atom stereocenters. The molecule has 6 nitrogen and oxygen atoms in total. The zero-order valence-electron chi connectivity index (χ0n) is 20.2. The van der Waals surface area contributed by atoms with Gasteiger partial charge in [-0.2, -0.15) is 0 Å². The standard InChI is InChI=1S/C24H31N5O.C2H6/c1-4-13-29(14-5-2)24-20-16-19(28(3)22-8-6-7-12-25-22)9-10-21(20)26-23(27-24)18-11-15-30-17-18;1-2/h6-10,12,16,18H,4-5,11,13-15,17H2,1-3H3;1-2H3. The maximum Gasteiger partial charge on any atom is 0.140 e. The minimum Gasteiger partial charge on any atom is -0.381 e. The molecule has 1 fully saturated rings. The van der Waals surface area contributed by atoms with Crippen LogP contribution in [-0.4, -0.2) is 48.3 Å². The molecule has 3 heterocycles. The summed E-state index contributed by atoms with van der Waals surface area (Å²) >= 11 is 0. The van der Waals surface area contributed by atoms with Gasteiger partial charge in [-0.3, -0.25) is 0 Å². The summed E-state index contributed by atoms with van der Waals surface area (Å²) in [6, 6.07) is 12.4. The van der Waals surface area contributed by atoms with E-state index in [9.17, 15) is 0 Å². The first-order valence-corrected chi connectivity index (χ1v) is 12.0. The van der Waals surface area contributed by atoms with Crippen LogP contribution < -0.4 is 9.80 Å². The van der Waals surface area contributed by atoms with Crippen molar-refractivity contribution < 1.29 is 4.74 Å². The Morgan fingerprint density at radius 1 is 1.03 bits per heavy atom. The molecule has 1 aliphatic heterocycles. The Kier molecular flexibility index (Phi) is 8.80. The van der Waals surface area contributed by atoms with E-state index in [4.69, 9.17) is 14.7 Å². The maximum atomic E-state index is 5.61. The van der Waals surface area contributed by atoms with Crippen LogP contribution in [0.3, 0.4) is 0 Å². The van der Waals surface area contributed by atoms with Crippen molar-refractivity contribution in [3.8, 4) is 0 Å². The molecule has 4 rings (SSSR count). The SMILES string of the molecule is CC.CCCN(CCC)c1nc(C2CCOC2)nc2ccc(N(C)c3ccccn3)cc12. The Labute approximate surface area is 192 Å². The van der Waals surface area contributed by atoms with Gasteiger partial charge in [0.15, 0.2) is 0 Å². The first-order valence-electron chi connectivity index (χ1n) is 12.0. The van der Waals surface area contributed by atoms with Crippen molar-refractivity contribution >= 4 is 28.2 Å². The van der Waals surface area contributed by atoms with Crippen LogP contribution in [0.1, 0.15) is 58.7 Å². The molecule has 32 heavy (non-hydrogen) atoms. The van der Waals surface area contributed by atoms with Gasteiger partial charge < -0.3 is 14.5 Å². The molecular formula is C26H37N5O. The van der Waals surface area contributed by atoms with E-state index < -0.39 is 0 Å². The van der Waals surface area contributed by atoms with Gasteiger partial charge in [-0.15, -0.1) is 0 Å². The molecule has 1 aliphatic rings. The van der Waals surface area contributed by atoms with Crippen molar-refractivity contribution in [3.63, 3.8) is 0 Å². The van der Waals surface area contributed by atoms with Crippen molar-refractivity contribution in [1.82, 2.24) is 15.0 Å². The number of hydrogen-bond donors (Lipinski definition) is 0. The molecular weight excluding hydrogens is 398 g/mol. The number of hydrogen-bond acceptors (Lipinski definition) is 6. The molecule has 0 bridgehead atoms. The molecule has 1 aromatic carbocycles. The van der Waals surface area contributed by atoms with Gasteiger partial charge in [0.25, 0.3) is 0 Å². The Balaban J connectivity index is 0.00000141. The third-order valence-electron chi connectivity index (χ3n) is 5.64. The monoisotopic (exact) mass is 435 g/mol. The largest absolute Gasteiger partial charge is 0.381 e. The fraction of sp³-hybridized carbons (Fsp3) is 0.500. The van der Waals surface area contributed by atoms with Crippen LogP contribution in [0.4, 0.5) is 17.3 Å². The predicted octanol–water partition coefficient (Wildman–Crippen LogP) is 5.95. The summed E-state index contributed by atoms with van der Waals surface area (Å²) in [6.07, 6.45) is 4.98. The van der Waals surface area contributed by atoms with Gasteiger partial charge in [-0.05, 0) is 49.6 Å². The second-order valence-electron chi connectivity index (χ2n) is 7.90. The van der Waals surface area contributed by atoms with Crippen molar-refractivity contribution in [2.45, 2.75) is 52.9 Å². The molecule has 6 heteroatoms. The van der Waals surface area contributed by atoms with Gasteiger partial charge in [0.1, 0.15) is 17.5 Å². The molecule has 3 aromatic rings. The minimum atomic E-state index is 0.286. The summed E-state index contributed by atoms with van der Waals surface area (Å²) in [5.41, 5.74) is 2.08. The lowest BCUT2D eigenvalue weighted by Gasteiger charge is -2.26. The Morgan fingerprint density at radius 2 is 1.81 bits per heavy atom. The quantitative estimate of drug-likeness (QED) is 0.436. The summed E-state index contributed by atoms with van der Waals surface area (Å²) in [4.78, 5) is 19.0. The highest BCUT2D eigenvalue weighted by molar-refractivity contribution is 5.92. The number of pyridine rings is 1. The van der Waals surface area contributed by atoms with Gasteiger partial charge in [0.05, 0.1) is 12.1 Å². The molecule has 0 radical (unpaired) electrons. The van der Waals surface area contributed by atoms with E-state index in [1.54, 1.807) is 0 Å². The van der Waals surface area contributed by atoms with Crippen molar-refractivity contribution in [2.75, 3.05) is 43.2 Å². The molecule has 1 unspecified atom stereocenters. The molecule has 0 amide bonds. The van der Waals surface area contributed by atoms with E-state index in [0.717, 1.165) is 73.0 Å². The van der Waals surface area contributed by atoms with E-state index in [1.807, 2.05) is 45.3 Å². The Morgan fingerprint density at radius 3 is 2.44 bits per heavy atom. The smallest absolute Gasteiger partial charge is 0.140 e. The van der Waals surface area contributed by atoms with Gasteiger partial charge in [0, 0.05) is 49.9 Å². The van der Waals surface area contributed by atoms with Crippen molar-refractivity contribution in [1.29, 1.82) is 0 Å². The first kappa shape index (κ1) is 23.9. The fourth-order valence-corrected chi connectivity index (χ4v) is 4.04. The summed E-state index contributed by atoms with van der Waals surface area (Å²) in [5.74, 6) is 3.16. The lowest BCUT2D eigenvalue weighted by atomic mass is 10.1. The third kappa shape index (κ3) is 5.36. The average molecular weight is 436 g/mol. The molecule has 1 saturated heterocycles. The van der Waals surface area contributed by atoms with E-state index in [2.05, 4.69) is 46.8 Å². The van der Waals surface area contributed by atoms with E-state index in [-0.39, 0.29) is 5.92 Å². The molecule has 0 saturated carbocycles. The second-order valence-corrected chi connectivity index (χ2v) is 7.90. The summed E-state index contributed by atoms with van der Waals surface area (Å²) in [5, 5.41) is 1.10. The van der Waals surface area contributed by atoms with Crippen LogP contribution in [0.25, 0.3) is 10.9 Å². The van der Waals surface area contributed by atoms with E-state index in [1.165, 1.54) is 0 Å². The zero-order valence-corrected chi connectivity index (χ0v) is 20.2. The first-order chi connectivity index (χ1) is 15.7. The number of benzene rings is 1. The molecule has 2 aromatic heterocycles. The van der Waals surface area contributed by atoms with Crippen LogP contribution in [0.5, 0.6) is 0 Å². The maximum absolute atomic E-state index is 5.61. The van der Waals surface area contributed by atoms with Gasteiger partial charge in [-0.25, -0.2) is 15.0 Å². The van der Waals surface area contributed by atoms with Crippen LogP contribution >= 0.6 is 0 Å². The van der Waals surface area contributed by atoms with E-state index >= 15 is 0 Å². The van der Waals surface area contributed by atoms with Crippen molar-refractivity contribution in [3.05, 3.63) is 48.4 Å². The molecule has 0 N–H and O–H groups in total. The van der Waals surface area contributed by atoms with E-state index in [0.29, 0.717) is 6.61 Å². The fourth-order valence-electron chi connectivity index (χ4n) is 4.04. The molecule has 172 valence electrons. The highest BCUT2D eigenvalue weighted by Crippen LogP contribution is 2.33. The summed E-state index contributed by atoms with van der Waals surface area (Å²) in [7, 11) is 2.05. The van der Waals surface area contributed by atoms with Gasteiger partial charge >= 0.3 is 0 Å². The summed E-state index contributed by atoms with van der Waals surface area (Å²) < 4.78 is 5.61. The number of aromatic nitrogens is 3. The van der Waals surface area contributed by atoms with Crippen LogP contribution in [0.2, 0.25) is 0 Å². The number of anilines is 3. The topological polar surface area (TPSA) is 54.4 Å². The number of rotatable bonds is 8. The lowest BCUT2D eigenvalue weighted by Crippen LogP contribution is -2.27. The highest BCUT2D eigenvalue weighted by atomic mass is 16.5. The Hall–Kier alpha value is -2.73. The normalized spacial score (nSPS) is 15.3. The lowest BCUT2D eigenvalue weighted by molar-refractivity contribution is 0.193. The number of fused-ring (bicyclic) bond motifs is 1. The third-order valence-corrected chi connectivity index (χ3v) is 5.64. The summed E-state index contributed by atoms with van der Waals surface area (Å²) in [6.45, 7) is 11.9. The molecule has 0 spiro atoms. The molecule has 0 aliphatic carbocycles. The van der Waals surface area contributed by atoms with Crippen LogP contribution in [0.15, 0.2) is 42.6 Å². The van der Waals surface area contributed by atoms with Gasteiger partial charge in [-0.1, -0.05) is 33.8 Å². The second kappa shape index (κ2) is 11.8.